The summed E-state index contributed by atoms with van der Waals surface area (Å²) in [5, 5.41) is 2.89. The quantitative estimate of drug-likeness (QED) is 0.656. The maximum atomic E-state index is 12.8. The summed E-state index contributed by atoms with van der Waals surface area (Å²) in [5.41, 5.74) is 2.88. The lowest BCUT2D eigenvalue weighted by Crippen LogP contribution is -2.48. The van der Waals surface area contributed by atoms with Crippen molar-refractivity contribution in [3.05, 3.63) is 60.2 Å². The van der Waals surface area contributed by atoms with E-state index in [1.807, 2.05) is 18.2 Å². The largest absolute Gasteiger partial charge is 0.325 e. The molecule has 4 aliphatic rings. The third kappa shape index (κ3) is 4.28. The van der Waals surface area contributed by atoms with Gasteiger partial charge in [-0.3, -0.25) is 4.79 Å². The van der Waals surface area contributed by atoms with E-state index in [-0.39, 0.29) is 12.5 Å². The van der Waals surface area contributed by atoms with Gasteiger partial charge in [-0.25, -0.2) is 4.31 Å². The fourth-order valence-corrected chi connectivity index (χ4v) is 7.86. The van der Waals surface area contributed by atoms with Crippen LogP contribution in [-0.2, 0) is 20.4 Å². The zero-order valence-electron chi connectivity index (χ0n) is 19.4. The molecule has 7 heteroatoms. The van der Waals surface area contributed by atoms with E-state index < -0.39 is 10.2 Å². The van der Waals surface area contributed by atoms with E-state index in [4.69, 9.17) is 0 Å². The van der Waals surface area contributed by atoms with Crippen LogP contribution in [-0.4, -0.2) is 39.3 Å². The summed E-state index contributed by atoms with van der Waals surface area (Å²) in [6, 6.07) is 17.0. The third-order valence-electron chi connectivity index (χ3n) is 7.89. The molecule has 0 aliphatic heterocycles. The highest BCUT2D eigenvalue weighted by Crippen LogP contribution is 2.60. The van der Waals surface area contributed by atoms with Crippen LogP contribution >= 0.6 is 0 Å². The molecule has 0 spiro atoms. The van der Waals surface area contributed by atoms with Crippen LogP contribution in [0.4, 0.5) is 11.4 Å². The van der Waals surface area contributed by atoms with Crippen LogP contribution in [0.2, 0.25) is 0 Å². The van der Waals surface area contributed by atoms with Crippen LogP contribution in [0.15, 0.2) is 54.6 Å². The number of rotatable bonds is 7. The SMILES string of the molecule is CN(C)S(=O)(=O)N(CC(=O)Nc1ccc(C23CC4CC(CC(C4)C2)C3)cc1)c1ccccc1. The molecule has 2 aromatic carbocycles. The number of carbonyl (C=O) groups is 1. The van der Waals surface area contributed by atoms with Gasteiger partial charge in [0.25, 0.3) is 0 Å². The standard InChI is InChI=1S/C26H33N3O3S/c1-28(2)33(31,32)29(24-6-4-3-5-7-24)18-25(30)27-23-10-8-22(9-11-23)26-15-19-12-20(16-26)14-21(13-19)17-26/h3-11,19-21H,12-18H2,1-2H3,(H,27,30). The number of para-hydroxylation sites is 1. The van der Waals surface area contributed by atoms with Gasteiger partial charge in [0.2, 0.25) is 5.91 Å². The van der Waals surface area contributed by atoms with Crippen molar-refractivity contribution in [2.75, 3.05) is 30.3 Å². The molecule has 0 atom stereocenters. The van der Waals surface area contributed by atoms with Crippen molar-refractivity contribution in [2.45, 2.75) is 43.9 Å². The third-order valence-corrected chi connectivity index (χ3v) is 9.71. The second-order valence-electron chi connectivity index (χ2n) is 10.5. The Kier molecular flexibility index (Phi) is 5.73. The second kappa shape index (κ2) is 8.44. The number of hydrogen-bond acceptors (Lipinski definition) is 3. The van der Waals surface area contributed by atoms with E-state index in [2.05, 4.69) is 17.4 Å². The lowest BCUT2D eigenvalue weighted by molar-refractivity contribution is -0.114. The number of amides is 1. The summed E-state index contributed by atoms with van der Waals surface area (Å²) in [6.07, 6.45) is 8.17. The number of hydrogen-bond donors (Lipinski definition) is 1. The molecule has 33 heavy (non-hydrogen) atoms. The van der Waals surface area contributed by atoms with Crippen molar-refractivity contribution in [1.82, 2.24) is 4.31 Å². The fourth-order valence-electron chi connectivity index (χ4n) is 6.80. The van der Waals surface area contributed by atoms with Crippen LogP contribution in [0.25, 0.3) is 0 Å². The molecule has 6 nitrogen and oxygen atoms in total. The Bertz CT molecular complexity index is 1080. The Morgan fingerprint density at radius 1 is 0.909 bits per heavy atom. The first kappa shape index (κ1) is 22.4. The van der Waals surface area contributed by atoms with Crippen LogP contribution in [0.3, 0.4) is 0 Å². The van der Waals surface area contributed by atoms with Gasteiger partial charge < -0.3 is 5.32 Å². The lowest BCUT2D eigenvalue weighted by Gasteiger charge is -2.57. The minimum Gasteiger partial charge on any atom is -0.325 e. The molecule has 1 N–H and O–H groups in total. The summed E-state index contributed by atoms with van der Waals surface area (Å²) in [4.78, 5) is 12.8. The Morgan fingerprint density at radius 3 is 1.97 bits per heavy atom. The predicted octanol–water partition coefficient (Wildman–Crippen LogP) is 4.41. The number of carbonyl (C=O) groups excluding carboxylic acids is 1. The van der Waals surface area contributed by atoms with Crippen molar-refractivity contribution in [1.29, 1.82) is 0 Å². The summed E-state index contributed by atoms with van der Waals surface area (Å²) in [6.45, 7) is -0.290. The summed E-state index contributed by atoms with van der Waals surface area (Å²) >= 11 is 0. The van der Waals surface area contributed by atoms with Gasteiger partial charge in [0, 0.05) is 19.8 Å². The van der Waals surface area contributed by atoms with Gasteiger partial charge >= 0.3 is 10.2 Å². The van der Waals surface area contributed by atoms with Crippen LogP contribution in [0.1, 0.15) is 44.1 Å². The van der Waals surface area contributed by atoms with Crippen LogP contribution < -0.4 is 9.62 Å². The number of nitrogens with one attached hydrogen (secondary N) is 1. The molecule has 6 rings (SSSR count). The van der Waals surface area contributed by atoms with Crippen molar-refractivity contribution < 1.29 is 13.2 Å². The molecule has 176 valence electrons. The highest BCUT2D eigenvalue weighted by Gasteiger charge is 2.51. The van der Waals surface area contributed by atoms with Gasteiger partial charge in [0.05, 0.1) is 5.69 Å². The van der Waals surface area contributed by atoms with E-state index in [1.165, 1.54) is 58.2 Å². The van der Waals surface area contributed by atoms with Crippen molar-refractivity contribution in [3.8, 4) is 0 Å². The molecular weight excluding hydrogens is 434 g/mol. The molecule has 0 unspecified atom stereocenters. The van der Waals surface area contributed by atoms with E-state index >= 15 is 0 Å². The minimum absolute atomic E-state index is 0.290. The van der Waals surface area contributed by atoms with Gasteiger partial charge in [-0.15, -0.1) is 0 Å². The molecule has 4 bridgehead atoms. The molecule has 0 saturated heterocycles. The van der Waals surface area contributed by atoms with Gasteiger partial charge in [0.1, 0.15) is 6.54 Å². The highest BCUT2D eigenvalue weighted by molar-refractivity contribution is 7.90. The minimum atomic E-state index is -3.81. The van der Waals surface area contributed by atoms with E-state index in [9.17, 15) is 13.2 Å². The highest BCUT2D eigenvalue weighted by atomic mass is 32.2. The van der Waals surface area contributed by atoms with E-state index in [1.54, 1.807) is 24.3 Å². The molecule has 0 aromatic heterocycles. The summed E-state index contributed by atoms with van der Waals surface area (Å²) in [7, 11) is -0.877. The Labute approximate surface area is 197 Å². The summed E-state index contributed by atoms with van der Waals surface area (Å²) < 4.78 is 27.9. The number of anilines is 2. The zero-order valence-corrected chi connectivity index (χ0v) is 20.2. The first-order valence-electron chi connectivity index (χ1n) is 11.9. The zero-order chi connectivity index (χ0) is 23.2. The average Bonchev–Trinajstić information content (AvgIpc) is 2.77. The van der Waals surface area contributed by atoms with Gasteiger partial charge in [0.15, 0.2) is 0 Å². The number of benzene rings is 2. The number of nitrogens with zero attached hydrogens (tertiary/aromatic N) is 2. The van der Waals surface area contributed by atoms with E-state index in [0.29, 0.717) is 16.8 Å². The lowest BCUT2D eigenvalue weighted by atomic mass is 9.48. The Morgan fingerprint density at radius 2 is 1.45 bits per heavy atom. The van der Waals surface area contributed by atoms with Crippen LogP contribution in [0.5, 0.6) is 0 Å². The maximum absolute atomic E-state index is 12.8. The molecule has 1 amide bonds. The molecule has 0 heterocycles. The smallest absolute Gasteiger partial charge is 0.304 e. The first-order valence-corrected chi connectivity index (χ1v) is 13.3. The van der Waals surface area contributed by atoms with Gasteiger partial charge in [-0.05, 0) is 91.5 Å². The van der Waals surface area contributed by atoms with Crippen LogP contribution in [0, 0.1) is 17.8 Å². The molecular formula is C26H33N3O3S. The van der Waals surface area contributed by atoms with Crippen molar-refractivity contribution >= 4 is 27.5 Å². The fraction of sp³-hybridized carbons (Fsp3) is 0.500. The van der Waals surface area contributed by atoms with Gasteiger partial charge in [-0.1, -0.05) is 30.3 Å². The van der Waals surface area contributed by atoms with E-state index in [0.717, 1.165) is 26.4 Å². The van der Waals surface area contributed by atoms with Gasteiger partial charge in [-0.2, -0.15) is 12.7 Å². The second-order valence-corrected chi connectivity index (χ2v) is 12.5. The topological polar surface area (TPSA) is 69.7 Å². The molecule has 2 aromatic rings. The maximum Gasteiger partial charge on any atom is 0.304 e. The predicted molar refractivity (Wildman–Crippen MR) is 131 cm³/mol. The molecule has 4 fully saturated rings. The summed E-state index contributed by atoms with van der Waals surface area (Å²) in [5.74, 6) is 2.29. The average molecular weight is 468 g/mol. The van der Waals surface area contributed by atoms with Crippen molar-refractivity contribution in [3.63, 3.8) is 0 Å². The molecule has 4 aliphatic carbocycles. The normalized spacial score (nSPS) is 28.2. The molecule has 4 saturated carbocycles. The Balaban J connectivity index is 1.30. The molecule has 0 radical (unpaired) electrons. The van der Waals surface area contributed by atoms with Crippen molar-refractivity contribution in [2.24, 2.45) is 17.8 Å². The monoisotopic (exact) mass is 467 g/mol. The first-order chi connectivity index (χ1) is 15.7. The Hall–Kier alpha value is -2.38.